The van der Waals surface area contributed by atoms with Gasteiger partial charge in [0.1, 0.15) is 0 Å². The van der Waals surface area contributed by atoms with Crippen LogP contribution in [0.5, 0.6) is 0 Å². The van der Waals surface area contributed by atoms with E-state index in [1.807, 2.05) is 18.5 Å². The van der Waals surface area contributed by atoms with Crippen LogP contribution in [-0.2, 0) is 13.0 Å². The van der Waals surface area contributed by atoms with Crippen LogP contribution in [0.4, 0.5) is 0 Å². The third-order valence-electron chi connectivity index (χ3n) is 3.65. The van der Waals surface area contributed by atoms with Gasteiger partial charge in [0, 0.05) is 32.1 Å². The topological polar surface area (TPSA) is 75.3 Å². The van der Waals surface area contributed by atoms with Gasteiger partial charge in [0.25, 0.3) is 0 Å². The Balaban J connectivity index is 0.00000288. The first kappa shape index (κ1) is 20.4. The van der Waals surface area contributed by atoms with E-state index in [1.54, 1.807) is 7.05 Å². The fourth-order valence-electron chi connectivity index (χ4n) is 2.17. The summed E-state index contributed by atoms with van der Waals surface area (Å²) in [5, 5.41) is 10.6. The third kappa shape index (κ3) is 6.10. The van der Waals surface area contributed by atoms with Crippen molar-refractivity contribution in [2.75, 3.05) is 13.6 Å². The SMILES string of the molecule is CN=C(NCCc1ccncc1C)NCc1cc(C(C)C)no1.I. The zero-order valence-corrected chi connectivity index (χ0v) is 17.0. The molecule has 2 rings (SSSR count). The minimum absolute atomic E-state index is 0. The molecule has 0 bridgehead atoms. The molecule has 0 atom stereocenters. The molecular formula is C17H26IN5O. The van der Waals surface area contributed by atoms with Crippen LogP contribution < -0.4 is 10.6 Å². The second-order valence-electron chi connectivity index (χ2n) is 5.78. The molecule has 0 amide bonds. The van der Waals surface area contributed by atoms with Crippen molar-refractivity contribution >= 4 is 29.9 Å². The smallest absolute Gasteiger partial charge is 0.191 e. The maximum atomic E-state index is 5.31. The summed E-state index contributed by atoms with van der Waals surface area (Å²) < 4.78 is 5.31. The van der Waals surface area contributed by atoms with E-state index in [9.17, 15) is 0 Å². The predicted octanol–water partition coefficient (Wildman–Crippen LogP) is 3.03. The first-order chi connectivity index (χ1) is 11.1. The van der Waals surface area contributed by atoms with Crippen LogP contribution in [0.25, 0.3) is 0 Å². The number of nitrogens with zero attached hydrogens (tertiary/aromatic N) is 3. The zero-order valence-electron chi connectivity index (χ0n) is 14.7. The Hall–Kier alpha value is -1.64. The molecule has 2 heterocycles. The van der Waals surface area contributed by atoms with Crippen LogP contribution in [0.1, 0.15) is 42.3 Å². The number of aliphatic imine (C=N–C) groups is 1. The molecule has 0 radical (unpaired) electrons. The van der Waals surface area contributed by atoms with Gasteiger partial charge in [0.2, 0.25) is 0 Å². The molecule has 2 N–H and O–H groups in total. The van der Waals surface area contributed by atoms with E-state index in [1.165, 1.54) is 11.1 Å². The normalized spacial score (nSPS) is 11.3. The summed E-state index contributed by atoms with van der Waals surface area (Å²) in [5.74, 6) is 1.93. The lowest BCUT2D eigenvalue weighted by Crippen LogP contribution is -2.37. The minimum atomic E-state index is 0. The molecule has 0 aliphatic carbocycles. The number of rotatable bonds is 6. The molecule has 2 aromatic heterocycles. The second kappa shape index (κ2) is 10.3. The maximum absolute atomic E-state index is 5.31. The molecule has 0 aliphatic heterocycles. The van der Waals surface area contributed by atoms with Crippen molar-refractivity contribution in [3.63, 3.8) is 0 Å². The molecule has 24 heavy (non-hydrogen) atoms. The minimum Gasteiger partial charge on any atom is -0.359 e. The molecule has 2 aromatic rings. The van der Waals surface area contributed by atoms with Crippen LogP contribution in [0.15, 0.2) is 34.0 Å². The molecular weight excluding hydrogens is 417 g/mol. The van der Waals surface area contributed by atoms with Gasteiger partial charge in [-0.25, -0.2) is 0 Å². The predicted molar refractivity (Wildman–Crippen MR) is 107 cm³/mol. The van der Waals surface area contributed by atoms with Crippen molar-refractivity contribution in [2.24, 2.45) is 4.99 Å². The summed E-state index contributed by atoms with van der Waals surface area (Å²) in [6, 6.07) is 4.03. The molecule has 0 aliphatic rings. The Morgan fingerprint density at radius 1 is 1.33 bits per heavy atom. The highest BCUT2D eigenvalue weighted by atomic mass is 127. The van der Waals surface area contributed by atoms with Crippen LogP contribution in [-0.4, -0.2) is 29.7 Å². The summed E-state index contributed by atoms with van der Waals surface area (Å²) in [6.07, 6.45) is 4.64. The fourth-order valence-corrected chi connectivity index (χ4v) is 2.17. The highest BCUT2D eigenvalue weighted by Crippen LogP contribution is 2.13. The molecule has 0 unspecified atom stereocenters. The number of hydrogen-bond donors (Lipinski definition) is 2. The average Bonchev–Trinajstić information content (AvgIpc) is 3.01. The quantitative estimate of drug-likeness (QED) is 0.408. The number of guanidine groups is 1. The molecule has 7 heteroatoms. The first-order valence-electron chi connectivity index (χ1n) is 7.89. The van der Waals surface area contributed by atoms with Gasteiger partial charge < -0.3 is 15.2 Å². The zero-order chi connectivity index (χ0) is 16.7. The molecule has 0 aromatic carbocycles. The average molecular weight is 443 g/mol. The van der Waals surface area contributed by atoms with E-state index < -0.39 is 0 Å². The number of nitrogens with one attached hydrogen (secondary N) is 2. The van der Waals surface area contributed by atoms with E-state index in [2.05, 4.69) is 52.6 Å². The van der Waals surface area contributed by atoms with E-state index in [4.69, 9.17) is 4.52 Å². The van der Waals surface area contributed by atoms with Crippen LogP contribution in [0, 0.1) is 6.92 Å². The van der Waals surface area contributed by atoms with Gasteiger partial charge in [0.05, 0.1) is 12.2 Å². The molecule has 0 saturated carbocycles. The molecule has 132 valence electrons. The molecule has 0 saturated heterocycles. The summed E-state index contributed by atoms with van der Waals surface area (Å²) in [6.45, 7) is 7.63. The lowest BCUT2D eigenvalue weighted by molar-refractivity contribution is 0.372. The van der Waals surface area contributed by atoms with Crippen LogP contribution >= 0.6 is 24.0 Å². The third-order valence-corrected chi connectivity index (χ3v) is 3.65. The lowest BCUT2D eigenvalue weighted by Gasteiger charge is -2.11. The van der Waals surface area contributed by atoms with E-state index in [-0.39, 0.29) is 24.0 Å². The Morgan fingerprint density at radius 3 is 2.75 bits per heavy atom. The number of aryl methyl sites for hydroxylation is 1. The largest absolute Gasteiger partial charge is 0.359 e. The van der Waals surface area contributed by atoms with Crippen molar-refractivity contribution in [1.82, 2.24) is 20.8 Å². The number of pyridine rings is 1. The van der Waals surface area contributed by atoms with Gasteiger partial charge in [-0.1, -0.05) is 19.0 Å². The molecule has 0 spiro atoms. The fraction of sp³-hybridized carbons (Fsp3) is 0.471. The van der Waals surface area contributed by atoms with Gasteiger partial charge in [-0.3, -0.25) is 9.98 Å². The van der Waals surface area contributed by atoms with E-state index in [0.717, 1.165) is 30.4 Å². The summed E-state index contributed by atoms with van der Waals surface area (Å²) >= 11 is 0. The van der Waals surface area contributed by atoms with Crippen molar-refractivity contribution in [2.45, 2.75) is 39.7 Å². The van der Waals surface area contributed by atoms with Crippen molar-refractivity contribution in [3.8, 4) is 0 Å². The molecule has 0 fully saturated rings. The van der Waals surface area contributed by atoms with Crippen molar-refractivity contribution in [1.29, 1.82) is 0 Å². The van der Waals surface area contributed by atoms with Crippen LogP contribution in [0.2, 0.25) is 0 Å². The monoisotopic (exact) mass is 443 g/mol. The number of halogens is 1. The number of aromatic nitrogens is 2. The van der Waals surface area contributed by atoms with E-state index in [0.29, 0.717) is 12.5 Å². The Bertz CT molecular complexity index is 654. The standard InChI is InChI=1S/C17H25N5O.HI/c1-12(2)16-9-15(23-22-16)11-21-17(18-4)20-8-6-14-5-7-19-10-13(14)3;/h5,7,9-10,12H,6,8,11H2,1-4H3,(H2,18,20,21);1H. The second-order valence-corrected chi connectivity index (χ2v) is 5.78. The lowest BCUT2D eigenvalue weighted by atomic mass is 10.1. The van der Waals surface area contributed by atoms with Crippen molar-refractivity contribution < 1.29 is 4.52 Å². The van der Waals surface area contributed by atoms with E-state index >= 15 is 0 Å². The highest BCUT2D eigenvalue weighted by molar-refractivity contribution is 14.0. The highest BCUT2D eigenvalue weighted by Gasteiger charge is 2.08. The Labute approximate surface area is 160 Å². The molecule has 6 nitrogen and oxygen atoms in total. The van der Waals surface area contributed by atoms with Gasteiger partial charge in [0.15, 0.2) is 11.7 Å². The summed E-state index contributed by atoms with van der Waals surface area (Å²) in [7, 11) is 1.76. The first-order valence-corrected chi connectivity index (χ1v) is 7.89. The summed E-state index contributed by atoms with van der Waals surface area (Å²) in [5.41, 5.74) is 3.47. The number of hydrogen-bond acceptors (Lipinski definition) is 4. The van der Waals surface area contributed by atoms with Gasteiger partial charge in [-0.15, -0.1) is 24.0 Å². The Kier molecular flexibility index (Phi) is 8.73. The maximum Gasteiger partial charge on any atom is 0.191 e. The van der Waals surface area contributed by atoms with Crippen LogP contribution in [0.3, 0.4) is 0 Å². The van der Waals surface area contributed by atoms with Gasteiger partial charge >= 0.3 is 0 Å². The van der Waals surface area contributed by atoms with Gasteiger partial charge in [-0.2, -0.15) is 0 Å². The summed E-state index contributed by atoms with van der Waals surface area (Å²) in [4.78, 5) is 8.33. The van der Waals surface area contributed by atoms with Gasteiger partial charge in [-0.05, 0) is 36.5 Å². The van der Waals surface area contributed by atoms with Crippen molar-refractivity contribution in [3.05, 3.63) is 47.1 Å². The Morgan fingerprint density at radius 2 is 2.12 bits per heavy atom.